The van der Waals surface area contributed by atoms with E-state index in [1.54, 1.807) is 42.5 Å². The first-order valence-electron chi connectivity index (χ1n) is 12.4. The number of amides is 1. The summed E-state index contributed by atoms with van der Waals surface area (Å²) in [4.78, 5) is 37.7. The molecule has 0 aliphatic rings. The molecule has 224 valence electrons. The number of unbranched alkanes of at least 4 members (excludes halogenated alkanes) is 1. The van der Waals surface area contributed by atoms with Crippen LogP contribution in [0, 0.1) is 11.8 Å². The van der Waals surface area contributed by atoms with E-state index >= 15 is 0 Å². The van der Waals surface area contributed by atoms with E-state index in [1.807, 2.05) is 0 Å². The average molecular weight is 609 g/mol. The second-order valence-electron chi connectivity index (χ2n) is 8.66. The van der Waals surface area contributed by atoms with Gasteiger partial charge in [0.1, 0.15) is 17.4 Å². The highest BCUT2D eigenvalue weighted by Crippen LogP contribution is 2.28. The number of halogens is 4. The Kier molecular flexibility index (Phi) is 13.0. The molecule has 7 N–H and O–H groups in total. The van der Waals surface area contributed by atoms with Gasteiger partial charge in [-0.15, -0.1) is 0 Å². The molecular formula is C28H28ClF3N4O6. The molecule has 42 heavy (non-hydrogen) atoms. The number of aromatic nitrogens is 1. The summed E-state index contributed by atoms with van der Waals surface area (Å²) in [6.07, 6.45) is -1.68. The first kappa shape index (κ1) is 33.8. The lowest BCUT2D eigenvalue weighted by Crippen LogP contribution is -2.32. The van der Waals surface area contributed by atoms with Crippen molar-refractivity contribution < 1.29 is 42.5 Å². The molecule has 0 saturated heterocycles. The van der Waals surface area contributed by atoms with E-state index in [0.29, 0.717) is 34.5 Å². The SMILES string of the molecule is NCCCCC(N)C(=O)OCC#Cc1ccc2ncc(C(=O)NCc3ccc(Cl)cc3)c(O)c2c1.O=C(O)C(F)(F)F. The Labute approximate surface area is 243 Å². The third-order valence-corrected chi connectivity index (χ3v) is 5.74. The van der Waals surface area contributed by atoms with Crippen molar-refractivity contribution in [2.24, 2.45) is 11.5 Å². The van der Waals surface area contributed by atoms with Crippen LogP contribution in [0.25, 0.3) is 10.9 Å². The summed E-state index contributed by atoms with van der Waals surface area (Å²) < 4.78 is 36.8. The molecule has 1 aromatic heterocycles. The van der Waals surface area contributed by atoms with E-state index in [1.165, 1.54) is 6.20 Å². The Balaban J connectivity index is 0.000000782. The number of benzene rings is 2. The largest absolute Gasteiger partial charge is 0.506 e. The van der Waals surface area contributed by atoms with Gasteiger partial charge in [0.25, 0.3) is 5.91 Å². The van der Waals surface area contributed by atoms with E-state index in [-0.39, 0.29) is 24.5 Å². The van der Waals surface area contributed by atoms with E-state index < -0.39 is 30.1 Å². The number of nitrogens with one attached hydrogen (secondary N) is 1. The number of pyridine rings is 1. The first-order chi connectivity index (χ1) is 19.8. The van der Waals surface area contributed by atoms with Crippen LogP contribution in [0.4, 0.5) is 13.2 Å². The van der Waals surface area contributed by atoms with Gasteiger partial charge in [0.15, 0.2) is 6.61 Å². The van der Waals surface area contributed by atoms with Crippen molar-refractivity contribution >= 4 is 40.3 Å². The lowest BCUT2D eigenvalue weighted by molar-refractivity contribution is -0.192. The Morgan fingerprint density at radius 3 is 2.40 bits per heavy atom. The lowest BCUT2D eigenvalue weighted by Gasteiger charge is -2.09. The molecule has 1 atom stereocenters. The Morgan fingerprint density at radius 2 is 1.79 bits per heavy atom. The fourth-order valence-corrected chi connectivity index (χ4v) is 3.41. The molecule has 3 aromatic rings. The second-order valence-corrected chi connectivity index (χ2v) is 9.10. The standard InChI is InChI=1S/C26H27ClN4O4.C2HF3O2/c27-19-9-6-18(7-10-19)15-31-25(33)21-16-30-23-11-8-17(14-20(23)24(21)32)4-3-13-35-26(34)22(29)5-1-2-12-28;3-2(4,5)1(6)7/h6-11,14,16,22H,1-2,5,12-13,15,28-29H2,(H,30,32)(H,31,33);(H,6,7). The topological polar surface area (TPSA) is 178 Å². The van der Waals surface area contributed by atoms with E-state index in [0.717, 1.165) is 18.4 Å². The number of rotatable bonds is 9. The zero-order valence-corrected chi connectivity index (χ0v) is 22.8. The number of hydrogen-bond acceptors (Lipinski definition) is 8. The number of nitrogens with two attached hydrogens (primary N) is 2. The Morgan fingerprint density at radius 1 is 1.12 bits per heavy atom. The summed E-state index contributed by atoms with van der Waals surface area (Å²) in [5.74, 6) is 1.72. The van der Waals surface area contributed by atoms with E-state index in [2.05, 4.69) is 22.1 Å². The van der Waals surface area contributed by atoms with Gasteiger partial charge in [0.05, 0.1) is 5.52 Å². The fourth-order valence-electron chi connectivity index (χ4n) is 3.28. The maximum atomic E-state index is 12.6. The molecule has 0 spiro atoms. The van der Waals surface area contributed by atoms with Crippen molar-refractivity contribution in [2.45, 2.75) is 38.0 Å². The number of carbonyl (C=O) groups is 3. The first-order valence-corrected chi connectivity index (χ1v) is 12.8. The highest BCUT2D eigenvalue weighted by Gasteiger charge is 2.38. The fraction of sp³-hybridized carbons (Fsp3) is 0.286. The van der Waals surface area contributed by atoms with Crippen molar-refractivity contribution in [1.82, 2.24) is 10.3 Å². The predicted octanol–water partition coefficient (Wildman–Crippen LogP) is 3.51. The summed E-state index contributed by atoms with van der Waals surface area (Å²) in [6.45, 7) is 0.715. The minimum absolute atomic E-state index is 0.0501. The van der Waals surface area contributed by atoms with Gasteiger partial charge in [-0.25, -0.2) is 4.79 Å². The van der Waals surface area contributed by atoms with Crippen molar-refractivity contribution in [2.75, 3.05) is 13.2 Å². The summed E-state index contributed by atoms with van der Waals surface area (Å²) >= 11 is 5.88. The number of esters is 1. The summed E-state index contributed by atoms with van der Waals surface area (Å²) in [6, 6.07) is 11.4. The molecule has 0 radical (unpaired) electrons. The second kappa shape index (κ2) is 16.2. The Bertz CT molecular complexity index is 1460. The molecule has 0 bridgehead atoms. The third kappa shape index (κ3) is 10.9. The number of aliphatic carboxylic acids is 1. The van der Waals surface area contributed by atoms with Crippen molar-refractivity contribution in [3.63, 3.8) is 0 Å². The molecule has 0 aliphatic carbocycles. The number of fused-ring (bicyclic) bond motifs is 1. The molecule has 14 heteroatoms. The maximum absolute atomic E-state index is 12.6. The Hall–Kier alpha value is -4.38. The van der Waals surface area contributed by atoms with E-state index in [9.17, 15) is 27.9 Å². The van der Waals surface area contributed by atoms with E-state index in [4.69, 9.17) is 37.7 Å². The molecule has 1 heterocycles. The number of ether oxygens (including phenoxy) is 1. The zero-order chi connectivity index (χ0) is 31.3. The van der Waals surface area contributed by atoms with Crippen LogP contribution in [0.2, 0.25) is 5.02 Å². The molecule has 2 aromatic carbocycles. The number of aromatic hydroxyl groups is 1. The van der Waals surface area contributed by atoms with Gasteiger partial charge in [0, 0.05) is 28.7 Å². The van der Waals surface area contributed by atoms with Crippen LogP contribution in [-0.4, -0.2) is 58.4 Å². The monoisotopic (exact) mass is 608 g/mol. The molecule has 1 unspecified atom stereocenters. The lowest BCUT2D eigenvalue weighted by atomic mass is 10.1. The van der Waals surface area contributed by atoms with Gasteiger partial charge in [-0.05, 0) is 55.3 Å². The van der Waals surface area contributed by atoms with Gasteiger partial charge in [0.2, 0.25) is 0 Å². The quantitative estimate of drug-likeness (QED) is 0.138. The van der Waals surface area contributed by atoms with Crippen LogP contribution >= 0.6 is 11.6 Å². The summed E-state index contributed by atoms with van der Waals surface area (Å²) in [7, 11) is 0. The molecule has 0 fully saturated rings. The van der Waals surface area contributed by atoms with Gasteiger partial charge in [-0.3, -0.25) is 14.6 Å². The number of nitrogens with zero attached hydrogens (tertiary/aromatic N) is 1. The molecule has 3 rings (SSSR count). The number of hydrogen-bond donors (Lipinski definition) is 5. The highest BCUT2D eigenvalue weighted by atomic mass is 35.5. The van der Waals surface area contributed by atoms with Crippen LogP contribution in [0.15, 0.2) is 48.7 Å². The minimum Gasteiger partial charge on any atom is -0.506 e. The van der Waals surface area contributed by atoms with Crippen molar-refractivity contribution in [1.29, 1.82) is 0 Å². The number of carbonyl (C=O) groups excluding carboxylic acids is 2. The molecule has 0 aliphatic heterocycles. The highest BCUT2D eigenvalue weighted by molar-refractivity contribution is 6.30. The van der Waals surface area contributed by atoms with Gasteiger partial charge in [-0.1, -0.05) is 42.0 Å². The number of carboxylic acid groups (broad SMARTS) is 1. The molecular weight excluding hydrogens is 581 g/mol. The van der Waals surface area contributed by atoms with Gasteiger partial charge >= 0.3 is 18.1 Å². The number of carboxylic acids is 1. The normalized spacial score (nSPS) is 11.4. The minimum atomic E-state index is -5.08. The van der Waals surface area contributed by atoms with Crippen LogP contribution < -0.4 is 16.8 Å². The average Bonchev–Trinajstić information content (AvgIpc) is 2.95. The number of alkyl halides is 3. The zero-order valence-electron chi connectivity index (χ0n) is 22.1. The van der Waals surface area contributed by atoms with Crippen molar-refractivity contribution in [3.8, 4) is 17.6 Å². The summed E-state index contributed by atoms with van der Waals surface area (Å²) in [5, 5.41) is 21.6. The molecule has 1 amide bonds. The van der Waals surface area contributed by atoms with Crippen LogP contribution in [0.5, 0.6) is 5.75 Å². The van der Waals surface area contributed by atoms with Crippen LogP contribution in [0.1, 0.15) is 40.7 Å². The van der Waals surface area contributed by atoms with Gasteiger partial charge in [-0.2, -0.15) is 13.2 Å². The smallest absolute Gasteiger partial charge is 0.490 e. The molecule has 0 saturated carbocycles. The third-order valence-electron chi connectivity index (χ3n) is 5.48. The van der Waals surface area contributed by atoms with Gasteiger partial charge < -0.3 is 31.7 Å². The molecule has 10 nitrogen and oxygen atoms in total. The summed E-state index contributed by atoms with van der Waals surface area (Å²) in [5.41, 5.74) is 13.2. The predicted molar refractivity (Wildman–Crippen MR) is 148 cm³/mol. The van der Waals surface area contributed by atoms with Crippen LogP contribution in [0.3, 0.4) is 0 Å². The maximum Gasteiger partial charge on any atom is 0.490 e. The van der Waals surface area contributed by atoms with Crippen LogP contribution in [-0.2, 0) is 20.9 Å². The van der Waals surface area contributed by atoms with Crippen molar-refractivity contribution in [3.05, 3.63) is 70.4 Å².